The number of aromatic amines is 1. The van der Waals surface area contributed by atoms with Gasteiger partial charge in [0.2, 0.25) is 5.58 Å². The lowest BCUT2D eigenvalue weighted by molar-refractivity contribution is 0.174. The van der Waals surface area contributed by atoms with Crippen molar-refractivity contribution in [2.24, 2.45) is 0 Å². The fraction of sp³-hybridized carbons (Fsp3) is 0.304. The number of likely N-dealkylation sites (tertiary alicyclic amines) is 1. The number of H-pyrrole nitrogens is 1. The van der Waals surface area contributed by atoms with Crippen LogP contribution in [0, 0.1) is 6.92 Å². The fourth-order valence-electron chi connectivity index (χ4n) is 4.06. The number of aryl methyl sites for hydroxylation is 1. The molecule has 3 heterocycles. The summed E-state index contributed by atoms with van der Waals surface area (Å²) in [7, 11) is 0. The Balaban J connectivity index is 1.46. The van der Waals surface area contributed by atoms with Gasteiger partial charge in [0.15, 0.2) is 0 Å². The average molecular weight is 404 g/mol. The van der Waals surface area contributed by atoms with Crippen LogP contribution >= 0.6 is 0 Å². The van der Waals surface area contributed by atoms with E-state index in [-0.39, 0.29) is 17.2 Å². The number of rotatable bonds is 5. The Morgan fingerprint density at radius 1 is 1.30 bits per heavy atom. The monoisotopic (exact) mass is 404 g/mol. The Kier molecular flexibility index (Phi) is 4.77. The van der Waals surface area contributed by atoms with Gasteiger partial charge in [0, 0.05) is 30.7 Å². The molecule has 0 unspecified atom stereocenters. The number of nitrogens with one attached hydrogen (secondary N) is 2. The third kappa shape index (κ3) is 3.58. The largest absolute Gasteiger partial charge is 0.449 e. The zero-order valence-corrected chi connectivity index (χ0v) is 16.8. The second kappa shape index (κ2) is 7.59. The average Bonchev–Trinajstić information content (AvgIpc) is 3.31. The fourth-order valence-corrected chi connectivity index (χ4v) is 4.06. The molecule has 4 aromatic rings. The van der Waals surface area contributed by atoms with E-state index in [0.717, 1.165) is 24.0 Å². The summed E-state index contributed by atoms with van der Waals surface area (Å²) in [5, 5.41) is 14.0. The summed E-state index contributed by atoms with van der Waals surface area (Å²) in [5.41, 5.74) is 4.59. The Morgan fingerprint density at radius 3 is 2.97 bits per heavy atom. The highest BCUT2D eigenvalue weighted by Crippen LogP contribution is 2.28. The van der Waals surface area contributed by atoms with Crippen molar-refractivity contribution >= 4 is 27.8 Å². The Bertz CT molecular complexity index is 1280. The standard InChI is InChI=1S/C23H24N4O3/c1-14-4-2-3-5-15(14)11-24-16-6-7-19-18(10-16)21-22(30-19)23(29)26-20(25-21)13-27-9-8-17(28)12-27/h2-7,10,17,24,28H,8-9,11-13H2,1H3,(H,25,26,29)/t17-/m0/s1. The lowest BCUT2D eigenvalue weighted by Crippen LogP contribution is -2.24. The molecule has 1 aliphatic rings. The number of fused-ring (bicyclic) bond motifs is 3. The van der Waals surface area contributed by atoms with Gasteiger partial charge in [0.25, 0.3) is 5.56 Å². The molecule has 0 amide bonds. The third-order valence-electron chi connectivity index (χ3n) is 5.74. The van der Waals surface area contributed by atoms with Crippen molar-refractivity contribution in [3.05, 3.63) is 69.8 Å². The van der Waals surface area contributed by atoms with E-state index in [2.05, 4.69) is 39.2 Å². The van der Waals surface area contributed by atoms with Gasteiger partial charge in [-0.05, 0) is 42.7 Å². The first-order chi connectivity index (χ1) is 14.6. The lowest BCUT2D eigenvalue weighted by atomic mass is 10.1. The van der Waals surface area contributed by atoms with E-state index in [1.165, 1.54) is 11.1 Å². The van der Waals surface area contributed by atoms with Crippen LogP contribution in [0.2, 0.25) is 0 Å². The van der Waals surface area contributed by atoms with Crippen LogP contribution in [-0.4, -0.2) is 39.2 Å². The van der Waals surface area contributed by atoms with Crippen LogP contribution < -0.4 is 10.9 Å². The van der Waals surface area contributed by atoms with Crippen LogP contribution in [0.25, 0.3) is 22.1 Å². The highest BCUT2D eigenvalue weighted by atomic mass is 16.3. The molecular formula is C23H24N4O3. The van der Waals surface area contributed by atoms with Crippen LogP contribution in [-0.2, 0) is 13.1 Å². The number of benzene rings is 2. The van der Waals surface area contributed by atoms with Crippen molar-refractivity contribution in [3.8, 4) is 0 Å². The van der Waals surface area contributed by atoms with Crippen LogP contribution in [0.1, 0.15) is 23.4 Å². The van der Waals surface area contributed by atoms with Gasteiger partial charge in [-0.25, -0.2) is 4.98 Å². The number of hydrogen-bond donors (Lipinski definition) is 3. The molecule has 1 atom stereocenters. The quantitative estimate of drug-likeness (QED) is 0.473. The van der Waals surface area contributed by atoms with Crippen LogP contribution in [0.4, 0.5) is 5.69 Å². The molecule has 0 spiro atoms. The number of hydrogen-bond acceptors (Lipinski definition) is 6. The number of nitrogens with zero attached hydrogens (tertiary/aromatic N) is 2. The zero-order chi connectivity index (χ0) is 20.7. The maximum Gasteiger partial charge on any atom is 0.294 e. The van der Waals surface area contributed by atoms with E-state index in [1.54, 1.807) is 0 Å². The van der Waals surface area contributed by atoms with Crippen molar-refractivity contribution in [2.75, 3.05) is 18.4 Å². The molecule has 30 heavy (non-hydrogen) atoms. The molecule has 0 bridgehead atoms. The number of aliphatic hydroxyl groups excluding tert-OH is 1. The highest BCUT2D eigenvalue weighted by Gasteiger charge is 2.22. The van der Waals surface area contributed by atoms with E-state index in [4.69, 9.17) is 4.42 Å². The minimum absolute atomic E-state index is 0.242. The van der Waals surface area contributed by atoms with Crippen LogP contribution in [0.5, 0.6) is 0 Å². The first kappa shape index (κ1) is 18.8. The Morgan fingerprint density at radius 2 is 2.17 bits per heavy atom. The summed E-state index contributed by atoms with van der Waals surface area (Å²) < 4.78 is 5.77. The minimum Gasteiger partial charge on any atom is -0.449 e. The summed E-state index contributed by atoms with van der Waals surface area (Å²) in [6, 6.07) is 14.1. The molecule has 1 aliphatic heterocycles. The van der Waals surface area contributed by atoms with Crippen molar-refractivity contribution < 1.29 is 9.52 Å². The number of aromatic nitrogens is 2. The number of furan rings is 1. The summed E-state index contributed by atoms with van der Waals surface area (Å²) in [6.07, 6.45) is 0.439. The summed E-state index contributed by atoms with van der Waals surface area (Å²) >= 11 is 0. The van der Waals surface area contributed by atoms with E-state index in [0.29, 0.717) is 36.6 Å². The van der Waals surface area contributed by atoms with Gasteiger partial charge in [-0.15, -0.1) is 0 Å². The number of β-amino-alcohol motifs (C(OH)–C–C–N with tert-alkyl or cyclic N) is 1. The van der Waals surface area contributed by atoms with Crippen molar-refractivity contribution in [2.45, 2.75) is 32.5 Å². The normalized spacial score (nSPS) is 17.2. The Hall–Kier alpha value is -3.16. The van der Waals surface area contributed by atoms with Gasteiger partial charge in [-0.3, -0.25) is 9.69 Å². The smallest absolute Gasteiger partial charge is 0.294 e. The van der Waals surface area contributed by atoms with Crippen LogP contribution in [0.3, 0.4) is 0 Å². The summed E-state index contributed by atoms with van der Waals surface area (Å²) in [6.45, 7) is 4.70. The molecular weight excluding hydrogens is 380 g/mol. The van der Waals surface area contributed by atoms with Gasteiger partial charge in [0.05, 0.1) is 12.6 Å². The van der Waals surface area contributed by atoms with Crippen molar-refractivity contribution in [1.82, 2.24) is 14.9 Å². The molecule has 3 N–H and O–H groups in total. The van der Waals surface area contributed by atoms with Gasteiger partial charge in [-0.2, -0.15) is 0 Å². The molecule has 5 rings (SSSR count). The van der Waals surface area contributed by atoms with Crippen LogP contribution in [0.15, 0.2) is 51.7 Å². The van der Waals surface area contributed by atoms with E-state index < -0.39 is 0 Å². The third-order valence-corrected chi connectivity index (χ3v) is 5.74. The first-order valence-corrected chi connectivity index (χ1v) is 10.2. The molecule has 7 heteroatoms. The maximum absolute atomic E-state index is 12.6. The number of anilines is 1. The molecule has 1 saturated heterocycles. The molecule has 1 fully saturated rings. The topological polar surface area (TPSA) is 94.4 Å². The molecule has 0 saturated carbocycles. The molecule has 7 nitrogen and oxygen atoms in total. The predicted molar refractivity (Wildman–Crippen MR) is 117 cm³/mol. The summed E-state index contributed by atoms with van der Waals surface area (Å²) in [4.78, 5) is 22.2. The van der Waals surface area contributed by atoms with E-state index >= 15 is 0 Å². The maximum atomic E-state index is 12.6. The van der Waals surface area contributed by atoms with Gasteiger partial charge < -0.3 is 19.8 Å². The minimum atomic E-state index is -0.308. The zero-order valence-electron chi connectivity index (χ0n) is 16.8. The molecule has 2 aromatic carbocycles. The molecule has 2 aromatic heterocycles. The SMILES string of the molecule is Cc1ccccc1CNc1ccc2oc3c(=O)[nH]c(CN4CC[C@H](O)C4)nc3c2c1. The molecule has 0 radical (unpaired) electrons. The second-order valence-electron chi connectivity index (χ2n) is 7.96. The van der Waals surface area contributed by atoms with Gasteiger partial charge in [-0.1, -0.05) is 24.3 Å². The van der Waals surface area contributed by atoms with Crippen molar-refractivity contribution in [1.29, 1.82) is 0 Å². The predicted octanol–water partition coefficient (Wildman–Crippen LogP) is 3.16. The number of aliphatic hydroxyl groups is 1. The molecule has 0 aliphatic carbocycles. The first-order valence-electron chi connectivity index (χ1n) is 10.2. The second-order valence-corrected chi connectivity index (χ2v) is 7.96. The molecule has 154 valence electrons. The lowest BCUT2D eigenvalue weighted by Gasteiger charge is -2.13. The van der Waals surface area contributed by atoms with Gasteiger partial charge >= 0.3 is 0 Å². The summed E-state index contributed by atoms with van der Waals surface area (Å²) in [5.74, 6) is 0.586. The van der Waals surface area contributed by atoms with E-state index in [1.807, 2.05) is 30.3 Å². The Labute approximate surface area is 173 Å². The highest BCUT2D eigenvalue weighted by molar-refractivity contribution is 6.03. The van der Waals surface area contributed by atoms with Gasteiger partial charge in [0.1, 0.15) is 16.9 Å². The van der Waals surface area contributed by atoms with E-state index in [9.17, 15) is 9.90 Å². The van der Waals surface area contributed by atoms with Crippen molar-refractivity contribution in [3.63, 3.8) is 0 Å².